The van der Waals surface area contributed by atoms with E-state index in [0.29, 0.717) is 11.7 Å². The van der Waals surface area contributed by atoms with Crippen LogP contribution in [0.4, 0.5) is 0 Å². The molecule has 0 heterocycles. The molecular formula is C16H32FeO. The third-order valence-corrected chi connectivity index (χ3v) is 3.56. The standard InChI is InChI=1S/C9H16O.C5H10.2CH3.Fe/c1-2-5-9(10)8-6-3-4-7-8;1-2-4-5-3-1;;;/h8H,2-7H2,1H3;1-5H2;2*1H3;/q;;2*-1;+2. The molecule has 2 heteroatoms. The van der Waals surface area contributed by atoms with Gasteiger partial charge < -0.3 is 14.9 Å². The Hall–Kier alpha value is 0.189. The fourth-order valence-electron chi connectivity index (χ4n) is 2.58. The number of hydrogen-bond acceptors (Lipinski definition) is 1. The fraction of sp³-hybridized carbons (Fsp3) is 0.812. The molecule has 0 saturated heterocycles. The summed E-state index contributed by atoms with van der Waals surface area (Å²) >= 11 is 0. The van der Waals surface area contributed by atoms with Gasteiger partial charge in [0.1, 0.15) is 5.78 Å². The van der Waals surface area contributed by atoms with Gasteiger partial charge in [0.15, 0.2) is 0 Å². The average molecular weight is 296 g/mol. The number of ketones is 1. The summed E-state index contributed by atoms with van der Waals surface area (Å²) in [6.45, 7) is 2.08. The van der Waals surface area contributed by atoms with Crippen molar-refractivity contribution in [2.24, 2.45) is 5.92 Å². The molecular weight excluding hydrogens is 264 g/mol. The van der Waals surface area contributed by atoms with Gasteiger partial charge in [0.25, 0.3) is 0 Å². The van der Waals surface area contributed by atoms with Gasteiger partial charge in [0, 0.05) is 12.3 Å². The van der Waals surface area contributed by atoms with Crippen LogP contribution in [0.25, 0.3) is 0 Å². The Kier molecular flexibility index (Phi) is 19.7. The summed E-state index contributed by atoms with van der Waals surface area (Å²) < 4.78 is 0. The Labute approximate surface area is 126 Å². The Bertz CT molecular complexity index is 162. The predicted molar refractivity (Wildman–Crippen MR) is 77.8 cm³/mol. The number of hydrogen-bond donors (Lipinski definition) is 0. The smallest absolute Gasteiger partial charge is 0.358 e. The largest absolute Gasteiger partial charge is 2.00 e. The molecule has 0 aromatic rings. The molecule has 0 bridgehead atoms. The summed E-state index contributed by atoms with van der Waals surface area (Å²) in [5.74, 6) is 0.958. The normalized spacial score (nSPS) is 17.6. The van der Waals surface area contributed by atoms with Crippen LogP contribution in [-0.2, 0) is 21.9 Å². The van der Waals surface area contributed by atoms with Crippen LogP contribution in [0.2, 0.25) is 0 Å². The maximum Gasteiger partial charge on any atom is 2.00 e. The summed E-state index contributed by atoms with van der Waals surface area (Å²) in [6.07, 6.45) is 14.2. The quantitative estimate of drug-likeness (QED) is 0.504. The number of Topliss-reactive ketones (excluding diaryl/α,β-unsaturated/α-hetero) is 1. The maximum absolute atomic E-state index is 11.2. The summed E-state index contributed by atoms with van der Waals surface area (Å²) in [5.41, 5.74) is 0. The second kappa shape index (κ2) is 15.2. The van der Waals surface area contributed by atoms with Crippen molar-refractivity contribution in [2.75, 3.05) is 0 Å². The van der Waals surface area contributed by atoms with Gasteiger partial charge in [0.2, 0.25) is 0 Å². The van der Waals surface area contributed by atoms with E-state index in [1.54, 1.807) is 0 Å². The van der Waals surface area contributed by atoms with Crippen molar-refractivity contribution in [2.45, 2.75) is 77.6 Å². The molecule has 0 unspecified atom stereocenters. The van der Waals surface area contributed by atoms with Gasteiger partial charge >= 0.3 is 17.1 Å². The Balaban J connectivity index is -0.000000245. The zero-order chi connectivity index (χ0) is 10.9. The van der Waals surface area contributed by atoms with E-state index in [9.17, 15) is 4.79 Å². The van der Waals surface area contributed by atoms with E-state index in [-0.39, 0.29) is 31.9 Å². The van der Waals surface area contributed by atoms with Gasteiger partial charge in [-0.05, 0) is 19.3 Å². The fourth-order valence-corrected chi connectivity index (χ4v) is 2.58. The summed E-state index contributed by atoms with van der Waals surface area (Å²) in [4.78, 5) is 11.2. The average Bonchev–Trinajstić information content (AvgIpc) is 2.95. The minimum Gasteiger partial charge on any atom is -0.358 e. The summed E-state index contributed by atoms with van der Waals surface area (Å²) in [5, 5.41) is 0. The van der Waals surface area contributed by atoms with E-state index in [4.69, 9.17) is 0 Å². The van der Waals surface area contributed by atoms with Crippen LogP contribution in [0.5, 0.6) is 0 Å². The van der Waals surface area contributed by atoms with E-state index in [2.05, 4.69) is 6.92 Å². The van der Waals surface area contributed by atoms with Gasteiger partial charge in [-0.2, -0.15) is 0 Å². The van der Waals surface area contributed by atoms with Crippen molar-refractivity contribution in [3.05, 3.63) is 14.9 Å². The molecule has 2 rings (SSSR count). The first-order valence-corrected chi connectivity index (χ1v) is 6.87. The molecule has 2 fully saturated rings. The third-order valence-electron chi connectivity index (χ3n) is 3.56. The van der Waals surface area contributed by atoms with E-state index in [1.807, 2.05) is 0 Å². The molecule has 0 amide bonds. The molecule has 2 aliphatic carbocycles. The SMILES string of the molecule is C1CCCC1.CCCC(=O)C1CCCC1.[CH3-].[CH3-].[Fe+2]. The van der Waals surface area contributed by atoms with Crippen LogP contribution >= 0.6 is 0 Å². The van der Waals surface area contributed by atoms with E-state index in [1.165, 1.54) is 57.8 Å². The first-order valence-electron chi connectivity index (χ1n) is 6.87. The topological polar surface area (TPSA) is 17.1 Å². The van der Waals surface area contributed by atoms with Gasteiger partial charge in [-0.3, -0.25) is 4.79 Å². The maximum atomic E-state index is 11.2. The van der Waals surface area contributed by atoms with Crippen LogP contribution in [-0.4, -0.2) is 5.78 Å². The Morgan fingerprint density at radius 1 is 0.889 bits per heavy atom. The molecule has 2 aliphatic rings. The van der Waals surface area contributed by atoms with Crippen molar-refractivity contribution >= 4 is 5.78 Å². The molecule has 0 spiro atoms. The van der Waals surface area contributed by atoms with Crippen molar-refractivity contribution in [3.63, 3.8) is 0 Å². The molecule has 18 heavy (non-hydrogen) atoms. The van der Waals surface area contributed by atoms with Crippen molar-refractivity contribution in [3.8, 4) is 0 Å². The third kappa shape index (κ3) is 10.1. The molecule has 1 nitrogen and oxygen atoms in total. The van der Waals surface area contributed by atoms with Crippen molar-refractivity contribution in [1.29, 1.82) is 0 Å². The zero-order valence-corrected chi connectivity index (χ0v) is 13.7. The van der Waals surface area contributed by atoms with Crippen LogP contribution in [0.15, 0.2) is 0 Å². The van der Waals surface area contributed by atoms with Crippen LogP contribution in [0, 0.1) is 20.8 Å². The number of carbonyl (C=O) groups excluding carboxylic acids is 1. The molecule has 110 valence electrons. The first kappa shape index (κ1) is 23.3. The number of rotatable bonds is 3. The van der Waals surface area contributed by atoms with Gasteiger partial charge in [-0.15, -0.1) is 0 Å². The van der Waals surface area contributed by atoms with Gasteiger partial charge in [0.05, 0.1) is 0 Å². The Morgan fingerprint density at radius 2 is 1.28 bits per heavy atom. The second-order valence-corrected chi connectivity index (χ2v) is 4.97. The van der Waals surface area contributed by atoms with E-state index < -0.39 is 0 Å². The predicted octanol–water partition coefficient (Wildman–Crippen LogP) is 5.39. The first-order chi connectivity index (χ1) is 7.34. The minimum atomic E-state index is 0. The molecule has 0 radical (unpaired) electrons. The van der Waals surface area contributed by atoms with Crippen molar-refractivity contribution in [1.82, 2.24) is 0 Å². The van der Waals surface area contributed by atoms with Gasteiger partial charge in [-0.25, -0.2) is 0 Å². The van der Waals surface area contributed by atoms with Crippen LogP contribution < -0.4 is 0 Å². The number of carbonyl (C=O) groups is 1. The van der Waals surface area contributed by atoms with Crippen LogP contribution in [0.3, 0.4) is 0 Å². The summed E-state index contributed by atoms with van der Waals surface area (Å²) in [6, 6.07) is 0. The van der Waals surface area contributed by atoms with E-state index >= 15 is 0 Å². The molecule has 0 aromatic heterocycles. The molecule has 0 atom stereocenters. The molecule has 0 aliphatic heterocycles. The summed E-state index contributed by atoms with van der Waals surface area (Å²) in [7, 11) is 0. The van der Waals surface area contributed by atoms with Crippen LogP contribution in [0.1, 0.15) is 77.6 Å². The zero-order valence-electron chi connectivity index (χ0n) is 12.6. The minimum absolute atomic E-state index is 0. The molecule has 2 saturated carbocycles. The monoisotopic (exact) mass is 296 g/mol. The van der Waals surface area contributed by atoms with E-state index in [0.717, 1.165) is 12.8 Å². The Morgan fingerprint density at radius 3 is 1.61 bits per heavy atom. The van der Waals surface area contributed by atoms with Crippen molar-refractivity contribution < 1.29 is 21.9 Å². The second-order valence-electron chi connectivity index (χ2n) is 4.97. The molecule has 0 N–H and O–H groups in total. The molecule has 0 aromatic carbocycles. The van der Waals surface area contributed by atoms with Gasteiger partial charge in [-0.1, -0.05) is 51.9 Å².